The highest BCUT2D eigenvalue weighted by molar-refractivity contribution is 5.91. The zero-order chi connectivity index (χ0) is 12.8. The van der Waals surface area contributed by atoms with Crippen molar-refractivity contribution in [1.82, 2.24) is 5.32 Å². The van der Waals surface area contributed by atoms with Crippen LogP contribution < -0.4 is 10.6 Å². The second-order valence-electron chi connectivity index (χ2n) is 4.70. The van der Waals surface area contributed by atoms with E-state index in [1.807, 2.05) is 24.3 Å². The molecular weight excluding hydrogens is 228 g/mol. The molecule has 4 nitrogen and oxygen atoms in total. The van der Waals surface area contributed by atoms with Crippen LogP contribution in [0.25, 0.3) is 0 Å². The van der Waals surface area contributed by atoms with Crippen LogP contribution in [0.5, 0.6) is 0 Å². The lowest BCUT2D eigenvalue weighted by Crippen LogP contribution is -2.19. The summed E-state index contributed by atoms with van der Waals surface area (Å²) < 4.78 is 5.12. The monoisotopic (exact) mass is 248 g/mol. The van der Waals surface area contributed by atoms with Crippen LogP contribution in [0.15, 0.2) is 24.3 Å². The molecule has 98 valence electrons. The van der Waals surface area contributed by atoms with Crippen molar-refractivity contribution in [3.8, 4) is 0 Å². The number of carbonyl (C=O) groups excluding carboxylic acids is 1. The number of anilines is 1. The van der Waals surface area contributed by atoms with Crippen molar-refractivity contribution in [1.29, 1.82) is 0 Å². The number of benzene rings is 1. The lowest BCUT2D eigenvalue weighted by Gasteiger charge is -2.12. The van der Waals surface area contributed by atoms with Crippen LogP contribution in [0.1, 0.15) is 18.4 Å². The number of ether oxygens (including phenoxy) is 1. The summed E-state index contributed by atoms with van der Waals surface area (Å²) in [7, 11) is 1.66. The quantitative estimate of drug-likeness (QED) is 0.835. The summed E-state index contributed by atoms with van der Waals surface area (Å²) in [5.41, 5.74) is 1.87. The molecule has 4 heteroatoms. The highest BCUT2D eigenvalue weighted by Gasteiger charge is 2.18. The van der Waals surface area contributed by atoms with E-state index in [-0.39, 0.29) is 5.91 Å². The SMILES string of the molecule is COCc1ccccc1NC(=O)CC1CCNC1. The summed E-state index contributed by atoms with van der Waals surface area (Å²) in [5.74, 6) is 0.562. The summed E-state index contributed by atoms with van der Waals surface area (Å²) in [6, 6.07) is 7.76. The molecule has 1 saturated heterocycles. The average molecular weight is 248 g/mol. The minimum atomic E-state index is 0.0900. The van der Waals surface area contributed by atoms with Gasteiger partial charge in [0.05, 0.1) is 6.61 Å². The first-order chi connectivity index (χ1) is 8.79. The number of hydrogen-bond donors (Lipinski definition) is 2. The number of methoxy groups -OCH3 is 1. The fraction of sp³-hybridized carbons (Fsp3) is 0.500. The number of rotatable bonds is 5. The molecule has 1 aromatic carbocycles. The standard InChI is InChI=1S/C14H20N2O2/c1-18-10-12-4-2-3-5-13(12)16-14(17)8-11-6-7-15-9-11/h2-5,11,15H,6-10H2,1H3,(H,16,17). The molecule has 0 saturated carbocycles. The van der Waals surface area contributed by atoms with Crippen molar-refractivity contribution in [3.05, 3.63) is 29.8 Å². The molecule has 1 aliphatic heterocycles. The van der Waals surface area contributed by atoms with Gasteiger partial charge in [0.2, 0.25) is 5.91 Å². The van der Waals surface area contributed by atoms with Gasteiger partial charge in [-0.3, -0.25) is 4.79 Å². The van der Waals surface area contributed by atoms with Crippen molar-refractivity contribution < 1.29 is 9.53 Å². The Morgan fingerprint density at radius 1 is 1.50 bits per heavy atom. The highest BCUT2D eigenvalue weighted by atomic mass is 16.5. The van der Waals surface area contributed by atoms with Gasteiger partial charge in [-0.25, -0.2) is 0 Å². The molecule has 1 atom stereocenters. The Morgan fingerprint density at radius 3 is 3.06 bits per heavy atom. The number of carbonyl (C=O) groups is 1. The van der Waals surface area contributed by atoms with Crippen molar-refractivity contribution in [2.24, 2.45) is 5.92 Å². The predicted molar refractivity (Wildman–Crippen MR) is 71.4 cm³/mol. The number of hydrogen-bond acceptors (Lipinski definition) is 3. The van der Waals surface area contributed by atoms with Gasteiger partial charge in [0, 0.05) is 24.8 Å². The van der Waals surface area contributed by atoms with Crippen LogP contribution in [-0.2, 0) is 16.1 Å². The molecule has 1 unspecified atom stereocenters. The second-order valence-corrected chi connectivity index (χ2v) is 4.70. The normalized spacial score (nSPS) is 18.8. The van der Waals surface area contributed by atoms with Gasteiger partial charge >= 0.3 is 0 Å². The Bertz CT molecular complexity index is 401. The minimum Gasteiger partial charge on any atom is -0.380 e. The number of para-hydroxylation sites is 1. The lowest BCUT2D eigenvalue weighted by atomic mass is 10.0. The zero-order valence-electron chi connectivity index (χ0n) is 10.7. The van der Waals surface area contributed by atoms with E-state index in [0.29, 0.717) is 18.9 Å². The number of amides is 1. The first-order valence-corrected chi connectivity index (χ1v) is 6.37. The van der Waals surface area contributed by atoms with Gasteiger partial charge in [-0.05, 0) is 31.5 Å². The molecule has 0 spiro atoms. The van der Waals surface area contributed by atoms with Gasteiger partial charge < -0.3 is 15.4 Å². The van der Waals surface area contributed by atoms with E-state index < -0.39 is 0 Å². The van der Waals surface area contributed by atoms with Crippen LogP contribution in [-0.4, -0.2) is 26.1 Å². The van der Waals surface area contributed by atoms with E-state index in [0.717, 1.165) is 30.8 Å². The average Bonchev–Trinajstić information content (AvgIpc) is 2.84. The third-order valence-electron chi connectivity index (χ3n) is 3.23. The van der Waals surface area contributed by atoms with Crippen molar-refractivity contribution >= 4 is 11.6 Å². The maximum Gasteiger partial charge on any atom is 0.224 e. The van der Waals surface area contributed by atoms with Crippen molar-refractivity contribution in [3.63, 3.8) is 0 Å². The van der Waals surface area contributed by atoms with E-state index in [1.54, 1.807) is 7.11 Å². The summed E-state index contributed by atoms with van der Waals surface area (Å²) >= 11 is 0. The van der Waals surface area contributed by atoms with Crippen LogP contribution in [0.4, 0.5) is 5.69 Å². The predicted octanol–water partition coefficient (Wildman–Crippen LogP) is 1.77. The van der Waals surface area contributed by atoms with E-state index in [4.69, 9.17) is 4.74 Å². The molecule has 0 radical (unpaired) electrons. The van der Waals surface area contributed by atoms with E-state index >= 15 is 0 Å². The molecule has 18 heavy (non-hydrogen) atoms. The molecule has 0 aromatic heterocycles. The van der Waals surface area contributed by atoms with Crippen LogP contribution in [0.3, 0.4) is 0 Å². The Hall–Kier alpha value is -1.39. The topological polar surface area (TPSA) is 50.4 Å². The molecule has 1 fully saturated rings. The Labute approximate surface area is 108 Å². The maximum absolute atomic E-state index is 11.9. The molecule has 1 heterocycles. The molecule has 0 aliphatic carbocycles. The first-order valence-electron chi connectivity index (χ1n) is 6.37. The first kappa shape index (κ1) is 13.1. The zero-order valence-corrected chi connectivity index (χ0v) is 10.7. The molecule has 2 rings (SSSR count). The Balaban J connectivity index is 1.93. The molecule has 1 aromatic rings. The Morgan fingerprint density at radius 2 is 2.33 bits per heavy atom. The molecule has 1 amide bonds. The maximum atomic E-state index is 11.9. The van der Waals surface area contributed by atoms with Gasteiger partial charge in [-0.2, -0.15) is 0 Å². The highest BCUT2D eigenvalue weighted by Crippen LogP contribution is 2.18. The van der Waals surface area contributed by atoms with Crippen LogP contribution in [0, 0.1) is 5.92 Å². The summed E-state index contributed by atoms with van der Waals surface area (Å²) in [6.45, 7) is 2.49. The number of nitrogens with one attached hydrogen (secondary N) is 2. The van der Waals surface area contributed by atoms with Gasteiger partial charge in [0.15, 0.2) is 0 Å². The van der Waals surface area contributed by atoms with E-state index in [2.05, 4.69) is 10.6 Å². The summed E-state index contributed by atoms with van der Waals surface area (Å²) in [6.07, 6.45) is 1.68. The lowest BCUT2D eigenvalue weighted by molar-refractivity contribution is -0.117. The van der Waals surface area contributed by atoms with E-state index in [9.17, 15) is 4.79 Å². The fourth-order valence-electron chi connectivity index (χ4n) is 2.28. The fourth-order valence-corrected chi connectivity index (χ4v) is 2.28. The van der Waals surface area contributed by atoms with Gasteiger partial charge in [-0.1, -0.05) is 18.2 Å². The summed E-state index contributed by atoms with van der Waals surface area (Å²) in [4.78, 5) is 11.9. The van der Waals surface area contributed by atoms with Crippen molar-refractivity contribution in [2.75, 3.05) is 25.5 Å². The third kappa shape index (κ3) is 3.55. The van der Waals surface area contributed by atoms with E-state index in [1.165, 1.54) is 0 Å². The van der Waals surface area contributed by atoms with Crippen molar-refractivity contribution in [2.45, 2.75) is 19.4 Å². The van der Waals surface area contributed by atoms with Crippen LogP contribution >= 0.6 is 0 Å². The van der Waals surface area contributed by atoms with Gasteiger partial charge in [0.25, 0.3) is 0 Å². The minimum absolute atomic E-state index is 0.0900. The molecule has 2 N–H and O–H groups in total. The largest absolute Gasteiger partial charge is 0.380 e. The molecule has 0 bridgehead atoms. The molecule has 1 aliphatic rings. The third-order valence-corrected chi connectivity index (χ3v) is 3.23. The molecular formula is C14H20N2O2. The Kier molecular flexibility index (Phi) is 4.73. The van der Waals surface area contributed by atoms with Crippen LogP contribution in [0.2, 0.25) is 0 Å². The van der Waals surface area contributed by atoms with Gasteiger partial charge in [0.1, 0.15) is 0 Å². The summed E-state index contributed by atoms with van der Waals surface area (Å²) in [5, 5.41) is 6.25. The smallest absolute Gasteiger partial charge is 0.224 e. The van der Waals surface area contributed by atoms with Gasteiger partial charge in [-0.15, -0.1) is 0 Å². The second kappa shape index (κ2) is 6.52.